The number of carboxylic acids is 1. The van der Waals surface area contributed by atoms with Crippen LogP contribution in [0.1, 0.15) is 98.8 Å². The maximum Gasteiger partial charge on any atom is 0.303 e. The summed E-state index contributed by atoms with van der Waals surface area (Å²) in [7, 11) is 0. The van der Waals surface area contributed by atoms with Crippen LogP contribution in [0.15, 0.2) is 0 Å². The maximum atomic E-state index is 12.3. The average molecular weight is 521 g/mol. The van der Waals surface area contributed by atoms with Crippen LogP contribution < -0.4 is 0 Å². The van der Waals surface area contributed by atoms with Gasteiger partial charge in [-0.15, -0.1) is 0 Å². The van der Waals surface area contributed by atoms with Crippen molar-refractivity contribution in [3.63, 3.8) is 0 Å². The molecule has 10 unspecified atom stereocenters. The number of ether oxygens (including phenoxy) is 3. The van der Waals surface area contributed by atoms with Gasteiger partial charge in [-0.1, -0.05) is 13.8 Å². The molecule has 0 saturated heterocycles. The summed E-state index contributed by atoms with van der Waals surface area (Å²) < 4.78 is 17.8. The number of fused-ring (bicyclic) bond motifs is 5. The van der Waals surface area contributed by atoms with Gasteiger partial charge in [0.2, 0.25) is 0 Å². The van der Waals surface area contributed by atoms with E-state index in [0.29, 0.717) is 6.42 Å². The number of carboxylic acid groups (broad SMARTS) is 1. The van der Waals surface area contributed by atoms with Gasteiger partial charge in [-0.05, 0) is 86.9 Å². The van der Waals surface area contributed by atoms with E-state index in [1.54, 1.807) is 0 Å². The van der Waals surface area contributed by atoms with Gasteiger partial charge >= 0.3 is 23.9 Å². The van der Waals surface area contributed by atoms with Gasteiger partial charge in [0.1, 0.15) is 18.3 Å². The third-order valence-electron chi connectivity index (χ3n) is 10.8. The molecule has 0 aromatic rings. The van der Waals surface area contributed by atoms with Crippen molar-refractivity contribution in [2.45, 2.75) is 117 Å². The molecule has 4 aliphatic carbocycles. The van der Waals surface area contributed by atoms with Crippen LogP contribution in [-0.4, -0.2) is 47.3 Å². The molecule has 37 heavy (non-hydrogen) atoms. The molecule has 0 spiro atoms. The minimum Gasteiger partial charge on any atom is -0.481 e. The number of carbonyl (C=O) groups is 4. The van der Waals surface area contributed by atoms with Crippen molar-refractivity contribution in [1.82, 2.24) is 0 Å². The molecule has 4 saturated carbocycles. The van der Waals surface area contributed by atoms with Crippen LogP contribution in [-0.2, 0) is 33.4 Å². The largest absolute Gasteiger partial charge is 0.481 e. The van der Waals surface area contributed by atoms with Crippen LogP contribution in [0.4, 0.5) is 0 Å². The van der Waals surface area contributed by atoms with Crippen molar-refractivity contribution >= 4 is 23.9 Å². The highest BCUT2D eigenvalue weighted by Gasteiger charge is 2.67. The highest BCUT2D eigenvalue weighted by atomic mass is 16.6. The molecule has 8 heteroatoms. The standard InChI is InChI=1S/C29H44O8/c1-16(30)35-21-11-12-28(4)20(13-21)14-24(36-17(2)31)27-22-10-9-19(7-6-8-26(33)34)29(22,5)25(15-23(27)28)37-18(3)32/h19-25,27H,6-15H2,1-5H3,(H,33,34). The van der Waals surface area contributed by atoms with Gasteiger partial charge in [0.05, 0.1) is 0 Å². The van der Waals surface area contributed by atoms with Crippen molar-refractivity contribution in [2.24, 2.45) is 40.4 Å². The molecule has 208 valence electrons. The second-order valence-electron chi connectivity index (χ2n) is 12.6. The molecule has 4 rings (SSSR count). The average Bonchev–Trinajstić information content (AvgIpc) is 3.11. The number of aliphatic carboxylic acids is 1. The predicted molar refractivity (Wildman–Crippen MR) is 134 cm³/mol. The molecule has 10 atom stereocenters. The first kappa shape index (κ1) is 27.9. The monoisotopic (exact) mass is 520 g/mol. The van der Waals surface area contributed by atoms with E-state index in [2.05, 4.69) is 13.8 Å². The van der Waals surface area contributed by atoms with Crippen LogP contribution in [0.5, 0.6) is 0 Å². The molecule has 4 aliphatic rings. The first-order valence-corrected chi connectivity index (χ1v) is 14.1. The molecule has 0 radical (unpaired) electrons. The molecule has 4 fully saturated rings. The Labute approximate surface area is 220 Å². The number of hydrogen-bond acceptors (Lipinski definition) is 7. The summed E-state index contributed by atoms with van der Waals surface area (Å²) >= 11 is 0. The normalized spacial score (nSPS) is 42.5. The Balaban J connectivity index is 1.68. The first-order chi connectivity index (χ1) is 17.4. The zero-order valence-corrected chi connectivity index (χ0v) is 23.0. The van der Waals surface area contributed by atoms with Crippen LogP contribution in [0.25, 0.3) is 0 Å². The van der Waals surface area contributed by atoms with E-state index >= 15 is 0 Å². The number of esters is 3. The second kappa shape index (κ2) is 10.6. The molecule has 1 N–H and O–H groups in total. The minimum atomic E-state index is -0.787. The molecule has 0 aliphatic heterocycles. The topological polar surface area (TPSA) is 116 Å². The Bertz CT molecular complexity index is 916. The van der Waals surface area contributed by atoms with Gasteiger partial charge in [-0.3, -0.25) is 19.2 Å². The third-order valence-corrected chi connectivity index (χ3v) is 10.8. The molecule has 8 nitrogen and oxygen atoms in total. The quantitative estimate of drug-likeness (QED) is 0.372. The summed E-state index contributed by atoms with van der Waals surface area (Å²) in [5.41, 5.74) is -0.318. The summed E-state index contributed by atoms with van der Waals surface area (Å²) in [5, 5.41) is 9.19. The van der Waals surface area contributed by atoms with E-state index in [0.717, 1.165) is 51.4 Å². The molecule has 0 aromatic carbocycles. The van der Waals surface area contributed by atoms with Crippen LogP contribution in [0, 0.1) is 40.4 Å². The second-order valence-corrected chi connectivity index (χ2v) is 12.6. The SMILES string of the molecule is CC(=O)OC1CCC2(C)C(C1)CC(OC(C)=O)C1C2CC(OC(C)=O)C2(C)C(CCCC(=O)O)CCC12. The zero-order chi connectivity index (χ0) is 27.1. The van der Waals surface area contributed by atoms with E-state index in [-0.39, 0.29) is 83.1 Å². The van der Waals surface area contributed by atoms with Gasteiger partial charge in [0.25, 0.3) is 0 Å². The van der Waals surface area contributed by atoms with E-state index < -0.39 is 5.97 Å². The van der Waals surface area contributed by atoms with Crippen molar-refractivity contribution in [1.29, 1.82) is 0 Å². The van der Waals surface area contributed by atoms with Crippen molar-refractivity contribution in [3.8, 4) is 0 Å². The molecule has 0 heterocycles. The molecular formula is C29H44O8. The number of hydrogen-bond donors (Lipinski definition) is 1. The highest BCUT2D eigenvalue weighted by molar-refractivity contribution is 5.67. The van der Waals surface area contributed by atoms with Crippen molar-refractivity contribution in [3.05, 3.63) is 0 Å². The van der Waals surface area contributed by atoms with Crippen LogP contribution in [0.2, 0.25) is 0 Å². The summed E-state index contributed by atoms with van der Waals surface area (Å²) in [4.78, 5) is 47.4. The summed E-state index contributed by atoms with van der Waals surface area (Å²) in [6.45, 7) is 8.96. The molecular weight excluding hydrogens is 476 g/mol. The number of carbonyl (C=O) groups excluding carboxylic acids is 3. The lowest BCUT2D eigenvalue weighted by Gasteiger charge is -2.64. The molecule has 0 bridgehead atoms. The fourth-order valence-electron chi connectivity index (χ4n) is 9.25. The van der Waals surface area contributed by atoms with Gasteiger partial charge in [0, 0.05) is 38.5 Å². The van der Waals surface area contributed by atoms with E-state index in [1.807, 2.05) is 0 Å². The van der Waals surface area contributed by atoms with Crippen molar-refractivity contribution in [2.75, 3.05) is 0 Å². The van der Waals surface area contributed by atoms with E-state index in [1.165, 1.54) is 20.8 Å². The Hall–Kier alpha value is -2.12. The van der Waals surface area contributed by atoms with Crippen LogP contribution >= 0.6 is 0 Å². The summed E-state index contributed by atoms with van der Waals surface area (Å²) in [6, 6.07) is 0. The Morgan fingerprint density at radius 2 is 1.51 bits per heavy atom. The lowest BCUT2D eigenvalue weighted by atomic mass is 9.43. The Kier molecular flexibility index (Phi) is 7.97. The lowest BCUT2D eigenvalue weighted by molar-refractivity contribution is -0.222. The van der Waals surface area contributed by atoms with E-state index in [9.17, 15) is 24.3 Å². The third kappa shape index (κ3) is 5.26. The fraction of sp³-hybridized carbons (Fsp3) is 0.862. The first-order valence-electron chi connectivity index (χ1n) is 14.1. The predicted octanol–water partition coefficient (Wildman–Crippen LogP) is 4.92. The van der Waals surface area contributed by atoms with Gasteiger partial charge in [-0.25, -0.2) is 0 Å². The van der Waals surface area contributed by atoms with E-state index in [4.69, 9.17) is 14.2 Å². The smallest absolute Gasteiger partial charge is 0.303 e. The highest BCUT2D eigenvalue weighted by Crippen LogP contribution is 2.69. The summed E-state index contributed by atoms with van der Waals surface area (Å²) in [5.74, 6) is -0.513. The molecule has 0 amide bonds. The lowest BCUT2D eigenvalue weighted by Crippen LogP contribution is -2.63. The Morgan fingerprint density at radius 1 is 0.838 bits per heavy atom. The Morgan fingerprint density at radius 3 is 2.14 bits per heavy atom. The van der Waals surface area contributed by atoms with Gasteiger partial charge in [0.15, 0.2) is 0 Å². The fourth-order valence-corrected chi connectivity index (χ4v) is 9.25. The molecule has 0 aromatic heterocycles. The number of rotatable bonds is 7. The maximum absolute atomic E-state index is 12.3. The van der Waals surface area contributed by atoms with Crippen molar-refractivity contribution < 1.29 is 38.5 Å². The van der Waals surface area contributed by atoms with Crippen LogP contribution in [0.3, 0.4) is 0 Å². The zero-order valence-electron chi connectivity index (χ0n) is 23.0. The van der Waals surface area contributed by atoms with Gasteiger partial charge < -0.3 is 19.3 Å². The minimum absolute atomic E-state index is 0.0287. The van der Waals surface area contributed by atoms with Gasteiger partial charge in [-0.2, -0.15) is 0 Å². The summed E-state index contributed by atoms with van der Waals surface area (Å²) in [6.07, 6.45) is 6.82.